The summed E-state index contributed by atoms with van der Waals surface area (Å²) < 4.78 is 6.23. The second-order valence-corrected chi connectivity index (χ2v) is 14.5. The molecule has 1 unspecified atom stereocenters. The monoisotopic (exact) mass is 755 g/mol. The zero-order valence-electron chi connectivity index (χ0n) is 31.8. The lowest BCUT2D eigenvalue weighted by atomic mass is 9.88. The summed E-state index contributed by atoms with van der Waals surface area (Å²) in [5.74, 6) is -0.916. The highest BCUT2D eigenvalue weighted by Crippen LogP contribution is 2.36. The largest absolute Gasteiger partial charge is 0.508 e. The standard InChI is InChI=1S/C45H49N5O6/c1-2-37(31-8-4-3-5-9-31)42(32-10-15-35(51)16-11-32)33-12-17-36(18-13-33)56-29-28-49-25-7-24-48(26-27-49)23-6-22-46-34-14-19-38-39(30-34)45(55)50(44(38)54)40-20-21-41(52)47-43(40)53/h3-5,8-19,30,40,46,51H,2,6-7,20-29H2,1H3,(H,47,52,53)/b42-37-. The molecule has 3 aliphatic rings. The predicted octanol–water partition coefficient (Wildman–Crippen LogP) is 6.05. The molecule has 4 aromatic rings. The first kappa shape index (κ1) is 38.5. The highest BCUT2D eigenvalue weighted by Gasteiger charge is 2.44. The number of carbonyl (C=O) groups is 4. The van der Waals surface area contributed by atoms with Crippen molar-refractivity contribution >= 4 is 40.5 Å². The van der Waals surface area contributed by atoms with E-state index in [1.807, 2.05) is 30.3 Å². The number of rotatable bonds is 14. The molecule has 0 spiro atoms. The number of anilines is 1. The van der Waals surface area contributed by atoms with Gasteiger partial charge in [-0.25, -0.2) is 0 Å². The molecule has 4 aromatic carbocycles. The Balaban J connectivity index is 0.860. The lowest BCUT2D eigenvalue weighted by Crippen LogP contribution is -2.54. The Labute approximate surface area is 327 Å². The lowest BCUT2D eigenvalue weighted by Gasteiger charge is -2.27. The predicted molar refractivity (Wildman–Crippen MR) is 216 cm³/mol. The summed E-state index contributed by atoms with van der Waals surface area (Å²) in [5, 5.41) is 15.6. The normalized spacial score (nSPS) is 18.3. The Bertz CT molecular complexity index is 2080. The van der Waals surface area contributed by atoms with Gasteiger partial charge in [0.1, 0.15) is 24.1 Å². The van der Waals surface area contributed by atoms with Crippen molar-refractivity contribution in [3.63, 3.8) is 0 Å². The Hall–Kier alpha value is -5.78. The Kier molecular flexibility index (Phi) is 12.2. The van der Waals surface area contributed by atoms with Crippen molar-refractivity contribution in [3.8, 4) is 11.5 Å². The van der Waals surface area contributed by atoms with Gasteiger partial charge in [0.2, 0.25) is 11.8 Å². The van der Waals surface area contributed by atoms with Crippen LogP contribution in [0.25, 0.3) is 11.1 Å². The van der Waals surface area contributed by atoms with Crippen molar-refractivity contribution in [2.45, 2.75) is 45.1 Å². The van der Waals surface area contributed by atoms with E-state index >= 15 is 0 Å². The highest BCUT2D eigenvalue weighted by atomic mass is 16.5. The minimum absolute atomic E-state index is 0.0927. The van der Waals surface area contributed by atoms with Gasteiger partial charge in [-0.3, -0.25) is 34.3 Å². The van der Waals surface area contributed by atoms with Gasteiger partial charge in [0, 0.05) is 38.3 Å². The fourth-order valence-electron chi connectivity index (χ4n) is 7.91. The number of hydrogen-bond acceptors (Lipinski definition) is 9. The van der Waals surface area contributed by atoms with Crippen LogP contribution >= 0.6 is 0 Å². The van der Waals surface area contributed by atoms with E-state index < -0.39 is 29.7 Å². The first-order chi connectivity index (χ1) is 27.3. The summed E-state index contributed by atoms with van der Waals surface area (Å²) in [5.41, 5.74) is 7.03. The van der Waals surface area contributed by atoms with Crippen LogP contribution in [0, 0.1) is 0 Å². The van der Waals surface area contributed by atoms with Gasteiger partial charge in [0.05, 0.1) is 11.1 Å². The number of allylic oxidation sites excluding steroid dienone is 1. The van der Waals surface area contributed by atoms with Crippen LogP contribution < -0.4 is 15.4 Å². The number of benzene rings is 4. The number of aromatic hydroxyl groups is 1. The fraction of sp³-hybridized carbons (Fsp3) is 0.333. The Morgan fingerprint density at radius 2 is 1.46 bits per heavy atom. The molecule has 2 fully saturated rings. The van der Waals surface area contributed by atoms with E-state index in [2.05, 4.69) is 63.8 Å². The number of nitrogens with zero attached hydrogens (tertiary/aromatic N) is 3. The molecule has 11 nitrogen and oxygen atoms in total. The van der Waals surface area contributed by atoms with E-state index in [9.17, 15) is 24.3 Å². The summed E-state index contributed by atoms with van der Waals surface area (Å²) in [4.78, 5) is 56.0. The maximum Gasteiger partial charge on any atom is 0.262 e. The fourth-order valence-corrected chi connectivity index (χ4v) is 7.91. The number of fused-ring (bicyclic) bond motifs is 1. The van der Waals surface area contributed by atoms with E-state index in [1.165, 1.54) is 11.1 Å². The summed E-state index contributed by atoms with van der Waals surface area (Å²) in [6.45, 7) is 9.30. The maximum absolute atomic E-state index is 13.2. The summed E-state index contributed by atoms with van der Waals surface area (Å²) in [6.07, 6.45) is 3.09. The van der Waals surface area contributed by atoms with Gasteiger partial charge < -0.3 is 20.1 Å². The molecule has 3 heterocycles. The third-order valence-corrected chi connectivity index (χ3v) is 10.9. The molecule has 4 amide bonds. The van der Waals surface area contributed by atoms with E-state index in [1.54, 1.807) is 30.3 Å². The van der Waals surface area contributed by atoms with E-state index in [-0.39, 0.29) is 29.7 Å². The molecule has 0 aliphatic carbocycles. The van der Waals surface area contributed by atoms with Gasteiger partial charge in [0.25, 0.3) is 11.8 Å². The van der Waals surface area contributed by atoms with Crippen molar-refractivity contribution in [2.24, 2.45) is 0 Å². The molecule has 290 valence electrons. The van der Waals surface area contributed by atoms with E-state index in [0.717, 1.165) is 91.6 Å². The molecule has 3 N–H and O–H groups in total. The molecular formula is C45H49N5O6. The molecule has 0 bridgehead atoms. The number of phenolic OH excluding ortho intramolecular Hbond substituents is 1. The molecule has 0 aromatic heterocycles. The van der Waals surface area contributed by atoms with Crippen molar-refractivity contribution in [3.05, 3.63) is 125 Å². The van der Waals surface area contributed by atoms with Crippen LogP contribution in [-0.4, -0.2) is 102 Å². The van der Waals surface area contributed by atoms with Crippen LogP contribution in [0.2, 0.25) is 0 Å². The summed E-state index contributed by atoms with van der Waals surface area (Å²) in [7, 11) is 0. The minimum Gasteiger partial charge on any atom is -0.508 e. The summed E-state index contributed by atoms with van der Waals surface area (Å²) >= 11 is 0. The number of ether oxygens (including phenoxy) is 1. The molecule has 2 saturated heterocycles. The molecule has 3 aliphatic heterocycles. The van der Waals surface area contributed by atoms with Gasteiger partial charge >= 0.3 is 0 Å². The average Bonchev–Trinajstić information content (AvgIpc) is 3.32. The minimum atomic E-state index is -0.971. The Morgan fingerprint density at radius 1 is 0.786 bits per heavy atom. The zero-order valence-corrected chi connectivity index (χ0v) is 31.8. The number of nitrogens with one attached hydrogen (secondary N) is 2. The average molecular weight is 756 g/mol. The topological polar surface area (TPSA) is 132 Å². The number of piperidine rings is 1. The molecule has 56 heavy (non-hydrogen) atoms. The SMILES string of the molecule is CC/C(=C(\c1ccc(O)cc1)c1ccc(OCCN2CCCN(CCCNc3ccc4c(c3)C(=O)N(C3CCC(=O)NC3=O)C4=O)CC2)cc1)c1ccccc1. The quantitative estimate of drug-likeness (QED) is 0.0800. The van der Waals surface area contributed by atoms with Crippen LogP contribution in [0.1, 0.15) is 76.4 Å². The maximum atomic E-state index is 13.2. The van der Waals surface area contributed by atoms with Gasteiger partial charge in [0.15, 0.2) is 0 Å². The van der Waals surface area contributed by atoms with Crippen molar-refractivity contribution in [2.75, 3.05) is 57.7 Å². The number of amides is 4. The molecule has 0 saturated carbocycles. The first-order valence-electron chi connectivity index (χ1n) is 19.6. The third-order valence-electron chi connectivity index (χ3n) is 10.9. The van der Waals surface area contributed by atoms with E-state index in [4.69, 9.17) is 4.74 Å². The van der Waals surface area contributed by atoms with Crippen LogP contribution in [-0.2, 0) is 9.59 Å². The number of hydrogen-bond donors (Lipinski definition) is 3. The first-order valence-corrected chi connectivity index (χ1v) is 19.6. The molecule has 7 rings (SSSR count). The van der Waals surface area contributed by atoms with Gasteiger partial charge in [-0.1, -0.05) is 61.5 Å². The third kappa shape index (κ3) is 8.85. The number of phenols is 1. The van der Waals surface area contributed by atoms with Gasteiger partial charge in [-0.05, 0) is 116 Å². The number of imide groups is 2. The van der Waals surface area contributed by atoms with Crippen molar-refractivity contribution in [1.29, 1.82) is 0 Å². The van der Waals surface area contributed by atoms with Crippen LogP contribution in [0.15, 0.2) is 97.1 Å². The van der Waals surface area contributed by atoms with Gasteiger partial charge in [-0.2, -0.15) is 0 Å². The van der Waals surface area contributed by atoms with Crippen molar-refractivity contribution < 1.29 is 29.0 Å². The Morgan fingerprint density at radius 3 is 2.16 bits per heavy atom. The zero-order chi connectivity index (χ0) is 39.0. The highest BCUT2D eigenvalue weighted by molar-refractivity contribution is 6.23. The van der Waals surface area contributed by atoms with Crippen molar-refractivity contribution in [1.82, 2.24) is 20.0 Å². The summed E-state index contributed by atoms with van der Waals surface area (Å²) in [6, 6.07) is 30.3. The molecule has 1 atom stereocenters. The van der Waals surface area contributed by atoms with Crippen LogP contribution in [0.3, 0.4) is 0 Å². The van der Waals surface area contributed by atoms with Crippen LogP contribution in [0.4, 0.5) is 5.69 Å². The van der Waals surface area contributed by atoms with Crippen LogP contribution in [0.5, 0.6) is 11.5 Å². The number of carbonyl (C=O) groups excluding carboxylic acids is 4. The smallest absolute Gasteiger partial charge is 0.262 e. The molecule has 0 radical (unpaired) electrons. The second-order valence-electron chi connectivity index (χ2n) is 14.5. The lowest BCUT2D eigenvalue weighted by molar-refractivity contribution is -0.136. The second kappa shape index (κ2) is 17.8. The van der Waals surface area contributed by atoms with E-state index in [0.29, 0.717) is 13.2 Å². The van der Waals surface area contributed by atoms with Gasteiger partial charge in [-0.15, -0.1) is 0 Å². The molecular weight excluding hydrogens is 707 g/mol. The molecule has 11 heteroatoms.